The molecule has 0 radical (unpaired) electrons. The highest BCUT2D eigenvalue weighted by Gasteiger charge is 2.20. The van der Waals surface area contributed by atoms with Gasteiger partial charge in [0.2, 0.25) is 0 Å². The highest BCUT2D eigenvalue weighted by Crippen LogP contribution is 2.21. The van der Waals surface area contributed by atoms with E-state index in [0.29, 0.717) is 31.8 Å². The number of alkyl halides is 2. The number of aromatic nitrogens is 3. The average Bonchev–Trinajstić information content (AvgIpc) is 2.68. The monoisotopic (exact) mass is 248 g/mol. The summed E-state index contributed by atoms with van der Waals surface area (Å²) in [5.41, 5.74) is 5.54. The molecule has 1 rings (SSSR count). The topological polar surface area (TPSA) is 66.0 Å². The Bertz CT molecular complexity index is 330. The van der Waals surface area contributed by atoms with E-state index in [4.69, 9.17) is 10.5 Å². The van der Waals surface area contributed by atoms with Crippen LogP contribution in [0.3, 0.4) is 0 Å². The minimum Gasteiger partial charge on any atom is -0.385 e. The van der Waals surface area contributed by atoms with E-state index in [1.54, 1.807) is 7.11 Å². The van der Waals surface area contributed by atoms with Gasteiger partial charge in [0.25, 0.3) is 6.43 Å². The Balaban J connectivity index is 2.64. The summed E-state index contributed by atoms with van der Waals surface area (Å²) in [5.74, 6) is 0. The van der Waals surface area contributed by atoms with Gasteiger partial charge in [0.15, 0.2) is 0 Å². The number of aryl methyl sites for hydroxylation is 1. The van der Waals surface area contributed by atoms with Gasteiger partial charge >= 0.3 is 0 Å². The van der Waals surface area contributed by atoms with Gasteiger partial charge in [0.1, 0.15) is 5.69 Å². The van der Waals surface area contributed by atoms with Crippen molar-refractivity contribution < 1.29 is 13.5 Å². The third-order valence-electron chi connectivity index (χ3n) is 2.40. The first-order valence-electron chi connectivity index (χ1n) is 5.60. The van der Waals surface area contributed by atoms with Crippen LogP contribution in [0.1, 0.15) is 30.7 Å². The van der Waals surface area contributed by atoms with E-state index in [1.807, 2.05) is 0 Å². The van der Waals surface area contributed by atoms with Crippen molar-refractivity contribution in [3.05, 3.63) is 11.4 Å². The molecule has 0 spiro atoms. The number of halogens is 2. The molecular weight excluding hydrogens is 230 g/mol. The molecule has 0 aromatic carbocycles. The van der Waals surface area contributed by atoms with Crippen LogP contribution < -0.4 is 5.73 Å². The zero-order valence-corrected chi connectivity index (χ0v) is 9.90. The second-order valence-corrected chi connectivity index (χ2v) is 3.68. The maximum atomic E-state index is 12.9. The van der Waals surface area contributed by atoms with Crippen LogP contribution in [0.25, 0.3) is 0 Å². The second-order valence-electron chi connectivity index (χ2n) is 3.68. The van der Waals surface area contributed by atoms with Gasteiger partial charge in [-0.3, -0.25) is 0 Å². The van der Waals surface area contributed by atoms with Gasteiger partial charge in [-0.1, -0.05) is 5.21 Å². The van der Waals surface area contributed by atoms with E-state index < -0.39 is 6.43 Å². The largest absolute Gasteiger partial charge is 0.385 e. The van der Waals surface area contributed by atoms with Crippen LogP contribution in [0.15, 0.2) is 0 Å². The summed E-state index contributed by atoms with van der Waals surface area (Å²) in [7, 11) is 1.61. The number of nitrogens with two attached hydrogens (primary N) is 1. The zero-order valence-electron chi connectivity index (χ0n) is 9.90. The predicted molar refractivity (Wildman–Crippen MR) is 58.8 cm³/mol. The van der Waals surface area contributed by atoms with Crippen molar-refractivity contribution in [2.45, 2.75) is 32.2 Å². The van der Waals surface area contributed by atoms with Crippen molar-refractivity contribution >= 4 is 0 Å². The minimum absolute atomic E-state index is 0.104. The fraction of sp³-hybridized carbons (Fsp3) is 0.800. The van der Waals surface area contributed by atoms with E-state index in [0.717, 1.165) is 12.8 Å². The maximum absolute atomic E-state index is 12.9. The molecule has 0 aliphatic carbocycles. The van der Waals surface area contributed by atoms with Crippen LogP contribution in [0.4, 0.5) is 8.78 Å². The first-order valence-corrected chi connectivity index (χ1v) is 5.60. The van der Waals surface area contributed by atoms with E-state index >= 15 is 0 Å². The van der Waals surface area contributed by atoms with Crippen molar-refractivity contribution in [1.29, 1.82) is 0 Å². The molecule has 0 unspecified atom stereocenters. The fourth-order valence-electron chi connectivity index (χ4n) is 1.58. The summed E-state index contributed by atoms with van der Waals surface area (Å²) in [6.07, 6.45) is -0.684. The van der Waals surface area contributed by atoms with E-state index in [2.05, 4.69) is 10.3 Å². The highest BCUT2D eigenvalue weighted by molar-refractivity contribution is 5.12. The number of hydrogen-bond donors (Lipinski definition) is 1. The third kappa shape index (κ3) is 4.01. The molecule has 1 aromatic rings. The molecule has 0 fully saturated rings. The Morgan fingerprint density at radius 3 is 2.76 bits per heavy atom. The summed E-state index contributed by atoms with van der Waals surface area (Å²) < 4.78 is 31.9. The molecule has 0 saturated carbocycles. The molecule has 7 heteroatoms. The van der Waals surface area contributed by atoms with Gasteiger partial charge in [-0.25, -0.2) is 13.5 Å². The lowest BCUT2D eigenvalue weighted by molar-refractivity contribution is 0.137. The number of nitrogens with zero attached hydrogens (tertiary/aromatic N) is 3. The Labute approximate surface area is 98.9 Å². The average molecular weight is 248 g/mol. The molecule has 5 nitrogen and oxygen atoms in total. The van der Waals surface area contributed by atoms with Gasteiger partial charge < -0.3 is 10.5 Å². The number of hydrogen-bond acceptors (Lipinski definition) is 4. The van der Waals surface area contributed by atoms with Crippen LogP contribution in [0.5, 0.6) is 0 Å². The van der Waals surface area contributed by atoms with Crippen molar-refractivity contribution in [3.8, 4) is 0 Å². The first kappa shape index (κ1) is 14.0. The first-order chi connectivity index (χ1) is 8.20. The normalized spacial score (nSPS) is 11.4. The molecule has 0 amide bonds. The molecule has 0 bridgehead atoms. The van der Waals surface area contributed by atoms with Gasteiger partial charge in [0, 0.05) is 26.7 Å². The van der Waals surface area contributed by atoms with Crippen LogP contribution in [0, 0.1) is 0 Å². The van der Waals surface area contributed by atoms with Crippen molar-refractivity contribution in [1.82, 2.24) is 15.0 Å². The highest BCUT2D eigenvalue weighted by atomic mass is 19.3. The molecule has 0 aliphatic heterocycles. The molecule has 17 heavy (non-hydrogen) atoms. The van der Waals surface area contributed by atoms with Crippen LogP contribution in [0.2, 0.25) is 0 Å². The molecule has 1 heterocycles. The summed E-state index contributed by atoms with van der Waals surface area (Å²) >= 11 is 0. The lowest BCUT2D eigenvalue weighted by Crippen LogP contribution is -2.10. The summed E-state index contributed by atoms with van der Waals surface area (Å²) in [4.78, 5) is 0. The van der Waals surface area contributed by atoms with E-state index in [9.17, 15) is 8.78 Å². The van der Waals surface area contributed by atoms with Gasteiger partial charge in [-0.15, -0.1) is 5.10 Å². The Morgan fingerprint density at radius 1 is 1.41 bits per heavy atom. The van der Waals surface area contributed by atoms with Crippen molar-refractivity contribution in [3.63, 3.8) is 0 Å². The standard InChI is InChI=1S/C10H18F2N4O/c1-17-7-3-2-6-16-9(10(11)12)8(4-5-13)14-15-16/h10H,2-7,13H2,1H3. The molecule has 0 aliphatic rings. The summed E-state index contributed by atoms with van der Waals surface area (Å²) in [5, 5.41) is 7.49. The molecule has 0 saturated heterocycles. The van der Waals surface area contributed by atoms with Crippen molar-refractivity contribution in [2.75, 3.05) is 20.3 Å². The second kappa shape index (κ2) is 7.29. The SMILES string of the molecule is COCCCCn1nnc(CCN)c1C(F)F. The van der Waals surface area contributed by atoms with Gasteiger partial charge in [-0.2, -0.15) is 0 Å². The van der Waals surface area contributed by atoms with Crippen LogP contribution in [-0.2, 0) is 17.7 Å². The quantitative estimate of drug-likeness (QED) is 0.701. The number of rotatable bonds is 8. The van der Waals surface area contributed by atoms with Crippen molar-refractivity contribution in [2.24, 2.45) is 5.73 Å². The molecular formula is C10H18F2N4O. The van der Waals surface area contributed by atoms with E-state index in [-0.39, 0.29) is 5.69 Å². The Morgan fingerprint density at radius 2 is 2.18 bits per heavy atom. The summed E-state index contributed by atoms with van der Waals surface area (Å²) in [6.45, 7) is 1.34. The predicted octanol–water partition coefficient (Wildman–Crippen LogP) is 1.14. The van der Waals surface area contributed by atoms with Gasteiger partial charge in [-0.05, 0) is 19.4 Å². The van der Waals surface area contributed by atoms with E-state index in [1.165, 1.54) is 4.68 Å². The molecule has 2 N–H and O–H groups in total. The lowest BCUT2D eigenvalue weighted by atomic mass is 10.2. The Kier molecular flexibility index (Phi) is 5.99. The molecule has 1 aromatic heterocycles. The Hall–Kier alpha value is -1.08. The minimum atomic E-state index is -2.56. The molecule has 0 atom stereocenters. The fourth-order valence-corrected chi connectivity index (χ4v) is 1.58. The maximum Gasteiger partial charge on any atom is 0.281 e. The zero-order chi connectivity index (χ0) is 12.7. The summed E-state index contributed by atoms with van der Waals surface area (Å²) in [6, 6.07) is 0. The van der Waals surface area contributed by atoms with Gasteiger partial charge in [0.05, 0.1) is 5.69 Å². The number of unbranched alkanes of at least 4 members (excludes halogenated alkanes) is 1. The molecule has 98 valence electrons. The number of ether oxygens (including phenoxy) is 1. The third-order valence-corrected chi connectivity index (χ3v) is 2.40. The lowest BCUT2D eigenvalue weighted by Gasteiger charge is -2.06. The smallest absolute Gasteiger partial charge is 0.281 e. The van der Waals surface area contributed by atoms with Crippen LogP contribution >= 0.6 is 0 Å². The number of methoxy groups -OCH3 is 1. The van der Waals surface area contributed by atoms with Crippen LogP contribution in [-0.4, -0.2) is 35.3 Å².